The highest BCUT2D eigenvalue weighted by Gasteiger charge is 2.50. The molecule has 11 heteroatoms. The molecule has 2 aromatic carbocycles. The largest absolute Gasteiger partial charge is 0.487 e. The van der Waals surface area contributed by atoms with E-state index < -0.39 is 41.7 Å². The maximum absolute atomic E-state index is 13.0. The van der Waals surface area contributed by atoms with Gasteiger partial charge in [0, 0.05) is 29.0 Å². The van der Waals surface area contributed by atoms with Gasteiger partial charge in [-0.15, -0.1) is 0 Å². The molecule has 218 valence electrons. The molecule has 1 amide bonds. The fourth-order valence-corrected chi connectivity index (χ4v) is 5.16. The standard InChI is InChI=1S/C30H34N2O9/c1-14(2)38-21-13-17-12-20(32-27(35)19-11-16-9-7-8-10-18(16)31-19)28(36)39-24(17)15(3)25(21)40-29-23(34)22(33)26(37-6)30(4,5)41-29/h7-14,22-23,26,29,31,33-34H,1-6H3,(H,32,35)/t22-,23-,26+,29+/m0/s1. The first-order chi connectivity index (χ1) is 19.4. The molecule has 1 aliphatic rings. The second kappa shape index (κ2) is 10.8. The first-order valence-corrected chi connectivity index (χ1v) is 13.3. The van der Waals surface area contributed by atoms with E-state index in [0.29, 0.717) is 22.4 Å². The predicted molar refractivity (Wildman–Crippen MR) is 152 cm³/mol. The van der Waals surface area contributed by atoms with E-state index in [9.17, 15) is 19.8 Å². The highest BCUT2D eigenvalue weighted by molar-refractivity contribution is 6.06. The third-order valence-electron chi connectivity index (χ3n) is 7.09. The summed E-state index contributed by atoms with van der Waals surface area (Å²) in [6, 6.07) is 12.3. The van der Waals surface area contributed by atoms with Crippen molar-refractivity contribution in [3.63, 3.8) is 0 Å². The number of para-hydroxylation sites is 1. The van der Waals surface area contributed by atoms with Crippen molar-refractivity contribution in [2.45, 2.75) is 70.9 Å². The number of hydrogen-bond acceptors (Lipinski definition) is 9. The van der Waals surface area contributed by atoms with Gasteiger partial charge in [-0.25, -0.2) is 4.79 Å². The van der Waals surface area contributed by atoms with Gasteiger partial charge in [-0.1, -0.05) is 18.2 Å². The van der Waals surface area contributed by atoms with Gasteiger partial charge in [0.25, 0.3) is 5.91 Å². The summed E-state index contributed by atoms with van der Waals surface area (Å²) in [6.45, 7) is 8.78. The quantitative estimate of drug-likeness (QED) is 0.244. The van der Waals surface area contributed by atoms with Crippen molar-refractivity contribution in [2.24, 2.45) is 0 Å². The lowest BCUT2D eigenvalue weighted by Gasteiger charge is -2.46. The zero-order chi connectivity index (χ0) is 29.6. The fourth-order valence-electron chi connectivity index (χ4n) is 5.16. The number of carbonyl (C=O) groups excluding carboxylic acids is 1. The van der Waals surface area contributed by atoms with Crippen molar-refractivity contribution >= 4 is 33.5 Å². The van der Waals surface area contributed by atoms with Crippen LogP contribution < -0.4 is 20.4 Å². The topological polar surface area (TPSA) is 152 Å². The van der Waals surface area contributed by atoms with Gasteiger partial charge >= 0.3 is 5.63 Å². The Morgan fingerprint density at radius 3 is 2.51 bits per heavy atom. The number of aryl methyl sites for hydroxylation is 1. The normalized spacial score (nSPS) is 22.3. The first-order valence-electron chi connectivity index (χ1n) is 13.3. The lowest BCUT2D eigenvalue weighted by molar-refractivity contribution is -0.306. The third kappa shape index (κ3) is 5.41. The van der Waals surface area contributed by atoms with Crippen LogP contribution in [0.15, 0.2) is 51.7 Å². The molecule has 4 aromatic rings. The first kappa shape index (κ1) is 28.6. The van der Waals surface area contributed by atoms with Crippen molar-refractivity contribution in [1.82, 2.24) is 4.98 Å². The number of aromatic amines is 1. The number of amides is 1. The number of methoxy groups -OCH3 is 1. The maximum Gasteiger partial charge on any atom is 0.360 e. The number of H-pyrrole nitrogens is 1. The van der Waals surface area contributed by atoms with Crippen LogP contribution in [0.4, 0.5) is 5.69 Å². The van der Waals surface area contributed by atoms with Crippen molar-refractivity contribution in [1.29, 1.82) is 0 Å². The van der Waals surface area contributed by atoms with E-state index in [0.717, 1.165) is 10.9 Å². The van der Waals surface area contributed by atoms with Crippen LogP contribution in [-0.4, -0.2) is 64.5 Å². The molecule has 0 spiro atoms. The average molecular weight is 567 g/mol. The Hall–Kier alpha value is -3.90. The van der Waals surface area contributed by atoms with Crippen molar-refractivity contribution in [2.75, 3.05) is 12.4 Å². The molecule has 0 aliphatic carbocycles. The molecule has 5 rings (SSSR count). The summed E-state index contributed by atoms with van der Waals surface area (Å²) >= 11 is 0. The number of nitrogens with one attached hydrogen (secondary N) is 2. The van der Waals surface area contributed by atoms with Crippen LogP contribution in [0.2, 0.25) is 0 Å². The van der Waals surface area contributed by atoms with Gasteiger partial charge < -0.3 is 43.9 Å². The molecule has 3 heterocycles. The Labute approximate surface area is 236 Å². The molecule has 1 saturated heterocycles. The zero-order valence-corrected chi connectivity index (χ0v) is 23.7. The lowest BCUT2D eigenvalue weighted by Crippen LogP contribution is -2.63. The minimum atomic E-state index is -1.44. The lowest BCUT2D eigenvalue weighted by atomic mass is 9.89. The van der Waals surface area contributed by atoms with Crippen LogP contribution in [0.5, 0.6) is 11.5 Å². The molecule has 2 aromatic heterocycles. The van der Waals surface area contributed by atoms with Crippen molar-refractivity contribution in [3.05, 3.63) is 64.1 Å². The number of hydrogen-bond donors (Lipinski definition) is 4. The molecule has 0 unspecified atom stereocenters. The summed E-state index contributed by atoms with van der Waals surface area (Å²) in [5.41, 5.74) is -0.116. The Kier molecular flexibility index (Phi) is 7.56. The zero-order valence-electron chi connectivity index (χ0n) is 23.7. The number of fused-ring (bicyclic) bond motifs is 2. The van der Waals surface area contributed by atoms with Crippen LogP contribution in [0.1, 0.15) is 43.7 Å². The summed E-state index contributed by atoms with van der Waals surface area (Å²) < 4.78 is 29.1. The highest BCUT2D eigenvalue weighted by atomic mass is 16.7. The predicted octanol–water partition coefficient (Wildman–Crippen LogP) is 3.87. The van der Waals surface area contributed by atoms with Gasteiger partial charge in [-0.3, -0.25) is 4.79 Å². The number of anilines is 1. The third-order valence-corrected chi connectivity index (χ3v) is 7.09. The van der Waals surface area contributed by atoms with Gasteiger partial charge in [0.15, 0.2) is 11.5 Å². The van der Waals surface area contributed by atoms with Crippen LogP contribution >= 0.6 is 0 Å². The summed E-state index contributed by atoms with van der Waals surface area (Å²) in [5.74, 6) is -0.0296. The van der Waals surface area contributed by atoms with E-state index in [1.165, 1.54) is 13.2 Å². The van der Waals surface area contributed by atoms with Gasteiger partial charge in [0.2, 0.25) is 6.29 Å². The monoisotopic (exact) mass is 566 g/mol. The van der Waals surface area contributed by atoms with E-state index in [2.05, 4.69) is 10.3 Å². The van der Waals surface area contributed by atoms with Gasteiger partial charge in [-0.2, -0.15) is 0 Å². The second-order valence-corrected chi connectivity index (χ2v) is 10.9. The van der Waals surface area contributed by atoms with Gasteiger partial charge in [0.1, 0.15) is 35.3 Å². The number of carbonyl (C=O) groups is 1. The van der Waals surface area contributed by atoms with E-state index in [1.807, 2.05) is 38.1 Å². The molecule has 4 atom stereocenters. The van der Waals surface area contributed by atoms with Crippen molar-refractivity contribution in [3.8, 4) is 11.5 Å². The molecule has 1 fully saturated rings. The molecule has 11 nitrogen and oxygen atoms in total. The second-order valence-electron chi connectivity index (χ2n) is 10.9. The van der Waals surface area contributed by atoms with E-state index in [-0.39, 0.29) is 23.1 Å². The molecule has 41 heavy (non-hydrogen) atoms. The molecule has 0 bridgehead atoms. The number of aromatic nitrogens is 1. The van der Waals surface area contributed by atoms with Crippen LogP contribution in [0.3, 0.4) is 0 Å². The summed E-state index contributed by atoms with van der Waals surface area (Å²) in [5, 5.41) is 25.4. The number of ether oxygens (including phenoxy) is 4. The SMILES string of the molecule is CO[C@@H]1[C@@H](O)[C@H](O)[C@H](Oc2c(OC(C)C)cc3cc(NC(=O)c4cc5ccccc5[nH]4)c(=O)oc3c2C)OC1(C)C. The maximum atomic E-state index is 13.0. The molecule has 0 radical (unpaired) electrons. The molecular formula is C30H34N2O9. The Morgan fingerprint density at radius 1 is 1.10 bits per heavy atom. The minimum Gasteiger partial charge on any atom is -0.487 e. The summed E-state index contributed by atoms with van der Waals surface area (Å²) in [6.07, 6.45) is -5.06. The molecule has 1 aliphatic heterocycles. The van der Waals surface area contributed by atoms with E-state index in [1.54, 1.807) is 32.9 Å². The van der Waals surface area contributed by atoms with Gasteiger partial charge in [-0.05, 0) is 58.9 Å². The van der Waals surface area contributed by atoms with Crippen LogP contribution in [0, 0.1) is 6.92 Å². The number of aliphatic hydroxyl groups excluding tert-OH is 2. The summed E-state index contributed by atoms with van der Waals surface area (Å²) in [7, 11) is 1.42. The Balaban J connectivity index is 1.50. The molecule has 0 saturated carbocycles. The molecular weight excluding hydrogens is 532 g/mol. The Morgan fingerprint density at radius 2 is 1.83 bits per heavy atom. The van der Waals surface area contributed by atoms with E-state index >= 15 is 0 Å². The van der Waals surface area contributed by atoms with Crippen molar-refractivity contribution < 1.29 is 38.4 Å². The van der Waals surface area contributed by atoms with Crippen LogP contribution in [-0.2, 0) is 9.47 Å². The fraction of sp³-hybridized carbons (Fsp3) is 0.400. The van der Waals surface area contributed by atoms with Crippen LogP contribution in [0.25, 0.3) is 21.9 Å². The average Bonchev–Trinajstić information content (AvgIpc) is 3.35. The smallest absolute Gasteiger partial charge is 0.360 e. The number of rotatable bonds is 7. The number of aliphatic hydroxyl groups is 2. The minimum absolute atomic E-state index is 0.0498. The summed E-state index contributed by atoms with van der Waals surface area (Å²) in [4.78, 5) is 28.9. The Bertz CT molecular complexity index is 1620. The van der Waals surface area contributed by atoms with E-state index in [4.69, 9.17) is 23.4 Å². The van der Waals surface area contributed by atoms with Gasteiger partial charge in [0.05, 0.1) is 11.7 Å². The highest BCUT2D eigenvalue weighted by Crippen LogP contribution is 2.41. The number of benzene rings is 2. The molecule has 4 N–H and O–H groups in total.